The van der Waals surface area contributed by atoms with E-state index in [0.717, 1.165) is 25.5 Å². The molecule has 7 heteroatoms. The fourth-order valence-electron chi connectivity index (χ4n) is 2.12. The van der Waals surface area contributed by atoms with Gasteiger partial charge in [-0.05, 0) is 37.0 Å². The van der Waals surface area contributed by atoms with Crippen molar-refractivity contribution in [3.05, 3.63) is 29.6 Å². The van der Waals surface area contributed by atoms with Crippen LogP contribution in [-0.4, -0.2) is 36.9 Å². The number of urea groups is 1. The first-order valence-electron chi connectivity index (χ1n) is 6.71. The van der Waals surface area contributed by atoms with E-state index in [4.69, 9.17) is 9.84 Å². The van der Waals surface area contributed by atoms with Gasteiger partial charge >= 0.3 is 12.0 Å². The molecule has 1 saturated heterocycles. The third-order valence-corrected chi connectivity index (χ3v) is 3.27. The van der Waals surface area contributed by atoms with Gasteiger partial charge in [0.05, 0.1) is 17.9 Å². The summed E-state index contributed by atoms with van der Waals surface area (Å²) in [5.41, 5.74) is -0.227. The second kappa shape index (κ2) is 7.03. The van der Waals surface area contributed by atoms with Crippen LogP contribution in [0.5, 0.6) is 0 Å². The van der Waals surface area contributed by atoms with E-state index in [1.54, 1.807) is 0 Å². The Morgan fingerprint density at radius 3 is 2.86 bits per heavy atom. The number of hydrogen-bond donors (Lipinski definition) is 3. The zero-order chi connectivity index (χ0) is 15.2. The fraction of sp³-hybridized carbons (Fsp3) is 0.429. The molecule has 6 nitrogen and oxygen atoms in total. The lowest BCUT2D eigenvalue weighted by Crippen LogP contribution is -2.36. The highest BCUT2D eigenvalue weighted by Gasteiger charge is 2.15. The Morgan fingerprint density at radius 1 is 1.43 bits per heavy atom. The van der Waals surface area contributed by atoms with Gasteiger partial charge in [0, 0.05) is 13.2 Å². The fourth-order valence-corrected chi connectivity index (χ4v) is 2.12. The van der Waals surface area contributed by atoms with Gasteiger partial charge in [0.25, 0.3) is 0 Å². The summed E-state index contributed by atoms with van der Waals surface area (Å²) in [6.45, 7) is 1.83. The molecule has 0 aromatic heterocycles. The van der Waals surface area contributed by atoms with Crippen molar-refractivity contribution in [2.75, 3.05) is 25.1 Å². The lowest BCUT2D eigenvalue weighted by Gasteiger charge is -2.22. The first-order valence-corrected chi connectivity index (χ1v) is 6.71. The summed E-state index contributed by atoms with van der Waals surface area (Å²) in [6, 6.07) is 2.80. The van der Waals surface area contributed by atoms with Crippen molar-refractivity contribution in [3.63, 3.8) is 0 Å². The van der Waals surface area contributed by atoms with E-state index in [2.05, 4.69) is 10.6 Å². The molecule has 1 aliphatic heterocycles. The molecule has 2 rings (SSSR count). The molecule has 1 aromatic carbocycles. The predicted octanol–water partition coefficient (Wildman–Crippen LogP) is 2.07. The summed E-state index contributed by atoms with van der Waals surface area (Å²) in [5.74, 6) is -1.74. The average molecular weight is 296 g/mol. The Kier molecular flexibility index (Phi) is 5.10. The summed E-state index contributed by atoms with van der Waals surface area (Å²) < 4.78 is 18.9. The number of aromatic carboxylic acids is 1. The number of nitrogens with one attached hydrogen (secondary N) is 2. The molecular formula is C14H17FN2O4. The van der Waals surface area contributed by atoms with Crippen LogP contribution in [0.25, 0.3) is 0 Å². The standard InChI is InChI=1S/C14H17FN2O4/c15-11-6-10(13(18)19)3-4-12(11)17-14(20)16-7-9-2-1-5-21-8-9/h3-4,6,9H,1-2,5,7-8H2,(H,18,19)(H2,16,17,20). The zero-order valence-corrected chi connectivity index (χ0v) is 11.4. The molecule has 0 aliphatic carbocycles. The first kappa shape index (κ1) is 15.2. The molecule has 1 fully saturated rings. The first-order chi connectivity index (χ1) is 10.1. The summed E-state index contributed by atoms with van der Waals surface area (Å²) in [4.78, 5) is 22.4. The zero-order valence-electron chi connectivity index (χ0n) is 11.4. The number of anilines is 1. The van der Waals surface area contributed by atoms with E-state index in [1.165, 1.54) is 12.1 Å². The molecule has 0 spiro atoms. The normalized spacial score (nSPS) is 18.0. The number of carbonyl (C=O) groups excluding carboxylic acids is 1. The van der Waals surface area contributed by atoms with E-state index in [9.17, 15) is 14.0 Å². The van der Waals surface area contributed by atoms with Crippen molar-refractivity contribution in [1.82, 2.24) is 5.32 Å². The Hall–Kier alpha value is -2.15. The maximum atomic E-state index is 13.6. The minimum absolute atomic E-state index is 0.0580. The molecule has 1 heterocycles. The van der Waals surface area contributed by atoms with E-state index in [-0.39, 0.29) is 17.2 Å². The van der Waals surface area contributed by atoms with Crippen molar-refractivity contribution in [1.29, 1.82) is 0 Å². The lowest BCUT2D eigenvalue weighted by molar-refractivity contribution is 0.0559. The van der Waals surface area contributed by atoms with Crippen LogP contribution in [0.4, 0.5) is 14.9 Å². The molecule has 114 valence electrons. The molecule has 2 amide bonds. The van der Waals surface area contributed by atoms with Crippen LogP contribution in [0.15, 0.2) is 18.2 Å². The molecule has 21 heavy (non-hydrogen) atoms. The summed E-state index contributed by atoms with van der Waals surface area (Å²) in [7, 11) is 0. The van der Waals surface area contributed by atoms with Crippen molar-refractivity contribution in [2.45, 2.75) is 12.8 Å². The van der Waals surface area contributed by atoms with Crippen LogP contribution in [0.3, 0.4) is 0 Å². The third-order valence-electron chi connectivity index (χ3n) is 3.27. The largest absolute Gasteiger partial charge is 0.478 e. The number of rotatable bonds is 4. The number of hydrogen-bond acceptors (Lipinski definition) is 3. The van der Waals surface area contributed by atoms with Crippen molar-refractivity contribution < 1.29 is 23.8 Å². The Labute approximate surface area is 121 Å². The minimum atomic E-state index is -1.22. The van der Waals surface area contributed by atoms with Gasteiger partial charge in [-0.15, -0.1) is 0 Å². The van der Waals surface area contributed by atoms with Crippen molar-refractivity contribution in [3.8, 4) is 0 Å². The van der Waals surface area contributed by atoms with Gasteiger partial charge in [0.15, 0.2) is 0 Å². The molecule has 1 unspecified atom stereocenters. The third kappa shape index (κ3) is 4.42. The molecule has 1 aromatic rings. The van der Waals surface area contributed by atoms with E-state index >= 15 is 0 Å². The van der Waals surface area contributed by atoms with E-state index in [0.29, 0.717) is 13.2 Å². The van der Waals surface area contributed by atoms with Crippen molar-refractivity contribution in [2.24, 2.45) is 5.92 Å². The highest BCUT2D eigenvalue weighted by atomic mass is 19.1. The number of carbonyl (C=O) groups is 2. The number of halogens is 1. The van der Waals surface area contributed by atoms with Gasteiger partial charge in [0.1, 0.15) is 5.82 Å². The van der Waals surface area contributed by atoms with Gasteiger partial charge in [0.2, 0.25) is 0 Å². The SMILES string of the molecule is O=C(NCC1CCCOC1)Nc1ccc(C(=O)O)cc1F. The molecule has 0 radical (unpaired) electrons. The van der Waals surface area contributed by atoms with Crippen LogP contribution >= 0.6 is 0 Å². The predicted molar refractivity (Wildman–Crippen MR) is 73.9 cm³/mol. The monoisotopic (exact) mass is 296 g/mol. The maximum Gasteiger partial charge on any atom is 0.335 e. The van der Waals surface area contributed by atoms with Crippen LogP contribution in [0, 0.1) is 11.7 Å². The Bertz CT molecular complexity index is 530. The van der Waals surface area contributed by atoms with Crippen LogP contribution < -0.4 is 10.6 Å². The number of benzene rings is 1. The molecule has 3 N–H and O–H groups in total. The van der Waals surface area contributed by atoms with E-state index in [1.807, 2.05) is 0 Å². The lowest BCUT2D eigenvalue weighted by atomic mass is 10.0. The summed E-state index contributed by atoms with van der Waals surface area (Å²) in [6.07, 6.45) is 1.96. The number of carboxylic acids is 1. The molecule has 1 aliphatic rings. The number of carboxylic acid groups (broad SMARTS) is 1. The minimum Gasteiger partial charge on any atom is -0.478 e. The summed E-state index contributed by atoms with van der Waals surface area (Å²) in [5, 5.41) is 13.7. The van der Waals surface area contributed by atoms with E-state index < -0.39 is 17.8 Å². The highest BCUT2D eigenvalue weighted by molar-refractivity contribution is 5.91. The molecule has 0 bridgehead atoms. The smallest absolute Gasteiger partial charge is 0.335 e. The van der Waals surface area contributed by atoms with Crippen molar-refractivity contribution >= 4 is 17.7 Å². The average Bonchev–Trinajstić information content (AvgIpc) is 2.48. The Balaban J connectivity index is 1.85. The second-order valence-electron chi connectivity index (χ2n) is 4.92. The van der Waals surface area contributed by atoms with Gasteiger partial charge in [-0.25, -0.2) is 14.0 Å². The topological polar surface area (TPSA) is 87.7 Å². The van der Waals surface area contributed by atoms with Crippen LogP contribution in [-0.2, 0) is 4.74 Å². The molecule has 1 atom stereocenters. The quantitative estimate of drug-likeness (QED) is 0.793. The number of ether oxygens (including phenoxy) is 1. The number of amides is 2. The van der Waals surface area contributed by atoms with Crippen LogP contribution in [0.1, 0.15) is 23.2 Å². The maximum absolute atomic E-state index is 13.6. The van der Waals surface area contributed by atoms with Gasteiger partial charge in [-0.2, -0.15) is 0 Å². The van der Waals surface area contributed by atoms with Crippen LogP contribution in [0.2, 0.25) is 0 Å². The second-order valence-corrected chi connectivity index (χ2v) is 4.92. The van der Waals surface area contributed by atoms with Gasteiger partial charge < -0.3 is 20.5 Å². The molecule has 0 saturated carbocycles. The van der Waals surface area contributed by atoms with Gasteiger partial charge in [-0.3, -0.25) is 0 Å². The Morgan fingerprint density at radius 2 is 2.24 bits per heavy atom. The highest BCUT2D eigenvalue weighted by Crippen LogP contribution is 2.16. The molecular weight excluding hydrogens is 279 g/mol. The van der Waals surface area contributed by atoms with Gasteiger partial charge in [-0.1, -0.05) is 0 Å². The summed E-state index contributed by atoms with van der Waals surface area (Å²) >= 11 is 0.